The van der Waals surface area contributed by atoms with Crippen LogP contribution in [0, 0.1) is 0 Å². The van der Waals surface area contributed by atoms with Crippen LogP contribution in [0.2, 0.25) is 0 Å². The molecule has 7 nitrogen and oxygen atoms in total. The van der Waals surface area contributed by atoms with Gasteiger partial charge in [0, 0.05) is 20.1 Å². The molecule has 3 atom stereocenters. The second-order valence-electron chi connectivity index (χ2n) is 3.89. The molecular formula is C9H16F2N2O5. The van der Waals surface area contributed by atoms with Gasteiger partial charge in [-0.15, -0.1) is 0 Å². The molecule has 1 aliphatic heterocycles. The smallest absolute Gasteiger partial charge is 0.357 e. The number of halogens is 2. The van der Waals surface area contributed by atoms with Crippen molar-refractivity contribution in [1.29, 1.82) is 0 Å². The topological polar surface area (TPSA) is 102 Å². The fourth-order valence-electron chi connectivity index (χ4n) is 1.62. The maximum absolute atomic E-state index is 13.8. The van der Waals surface area contributed by atoms with E-state index in [9.17, 15) is 18.7 Å². The second kappa shape index (κ2) is 5.74. The number of nitrogens with zero attached hydrogens (tertiary/aromatic N) is 1. The number of methoxy groups -OCH3 is 1. The van der Waals surface area contributed by atoms with E-state index in [2.05, 4.69) is 4.74 Å². The van der Waals surface area contributed by atoms with Crippen LogP contribution in [0.5, 0.6) is 0 Å². The number of aliphatic hydroxyl groups is 3. The Morgan fingerprint density at radius 1 is 1.67 bits per heavy atom. The van der Waals surface area contributed by atoms with Crippen LogP contribution in [0.15, 0.2) is 0 Å². The summed E-state index contributed by atoms with van der Waals surface area (Å²) in [6, 6.07) is -5.10. The predicted molar refractivity (Wildman–Crippen MR) is 54.7 cm³/mol. The third-order valence-electron chi connectivity index (χ3n) is 2.71. The Balaban J connectivity index is 2.81. The number of hydrogen-bond donors (Lipinski definition) is 4. The number of amides is 2. The van der Waals surface area contributed by atoms with E-state index in [0.29, 0.717) is 0 Å². The van der Waals surface area contributed by atoms with Crippen LogP contribution in [0.4, 0.5) is 13.6 Å². The number of ether oxygens (including phenoxy) is 1. The Labute approximate surface area is 102 Å². The van der Waals surface area contributed by atoms with Gasteiger partial charge >= 0.3 is 12.1 Å². The van der Waals surface area contributed by atoms with Crippen LogP contribution < -0.4 is 5.32 Å². The number of alkyl halides is 2. The summed E-state index contributed by atoms with van der Waals surface area (Å²) >= 11 is 0. The molecule has 0 aromatic heterocycles. The van der Waals surface area contributed by atoms with Gasteiger partial charge in [0.15, 0.2) is 6.10 Å². The molecule has 1 aliphatic rings. The minimum Gasteiger partial charge on any atom is -0.394 e. The van der Waals surface area contributed by atoms with Crippen LogP contribution in [0.3, 0.4) is 0 Å². The fourth-order valence-corrected chi connectivity index (χ4v) is 1.62. The van der Waals surface area contributed by atoms with E-state index in [1.54, 1.807) is 0 Å². The number of aliphatic hydroxyl groups excluding tert-OH is 3. The minimum atomic E-state index is -3.91. The lowest BCUT2D eigenvalue weighted by atomic mass is 10.1. The number of urea groups is 1. The van der Waals surface area contributed by atoms with Crippen LogP contribution in [0.25, 0.3) is 0 Å². The normalized spacial score (nSPS) is 24.7. The molecular weight excluding hydrogens is 254 g/mol. The molecule has 1 fully saturated rings. The number of rotatable bonds is 5. The predicted octanol–water partition coefficient (Wildman–Crippen LogP) is -1.32. The fraction of sp³-hybridized carbons (Fsp3) is 0.889. The monoisotopic (exact) mass is 270 g/mol. The first-order valence-corrected chi connectivity index (χ1v) is 5.30. The van der Waals surface area contributed by atoms with Crippen LogP contribution in [0.1, 0.15) is 6.42 Å². The Hall–Kier alpha value is -1.03. The lowest BCUT2D eigenvalue weighted by Gasteiger charge is -2.39. The molecule has 9 heteroatoms. The van der Waals surface area contributed by atoms with Crippen molar-refractivity contribution < 1.29 is 33.6 Å². The molecule has 1 heterocycles. The van der Waals surface area contributed by atoms with Gasteiger partial charge in [0.2, 0.25) is 0 Å². The Morgan fingerprint density at radius 3 is 2.72 bits per heavy atom. The first-order valence-electron chi connectivity index (χ1n) is 5.30. The van der Waals surface area contributed by atoms with E-state index >= 15 is 0 Å². The van der Waals surface area contributed by atoms with Gasteiger partial charge in [-0.3, -0.25) is 4.90 Å². The Kier molecular flexibility index (Phi) is 4.79. The van der Waals surface area contributed by atoms with E-state index < -0.39 is 43.7 Å². The highest BCUT2D eigenvalue weighted by molar-refractivity contribution is 5.75. The van der Waals surface area contributed by atoms with Gasteiger partial charge in [0.05, 0.1) is 6.61 Å². The largest absolute Gasteiger partial charge is 0.394 e. The zero-order valence-electron chi connectivity index (χ0n) is 9.71. The number of carbonyl (C=O) groups excluding carboxylic acids is 1. The summed E-state index contributed by atoms with van der Waals surface area (Å²) in [5, 5.41) is 29.2. The van der Waals surface area contributed by atoms with Crippen molar-refractivity contribution in [3.63, 3.8) is 0 Å². The van der Waals surface area contributed by atoms with Gasteiger partial charge in [-0.05, 0) is 0 Å². The molecule has 1 rings (SSSR count). The lowest BCUT2D eigenvalue weighted by Crippen LogP contribution is -2.63. The molecule has 0 spiro atoms. The van der Waals surface area contributed by atoms with Crippen LogP contribution >= 0.6 is 0 Å². The van der Waals surface area contributed by atoms with E-state index in [1.165, 1.54) is 0 Å². The molecule has 2 amide bonds. The zero-order valence-corrected chi connectivity index (χ0v) is 9.71. The molecule has 4 N–H and O–H groups in total. The molecule has 2 unspecified atom stereocenters. The third kappa shape index (κ3) is 2.86. The van der Waals surface area contributed by atoms with Crippen LogP contribution in [-0.2, 0) is 4.74 Å². The van der Waals surface area contributed by atoms with Gasteiger partial charge in [-0.25, -0.2) is 4.79 Å². The van der Waals surface area contributed by atoms with Gasteiger partial charge in [-0.1, -0.05) is 0 Å². The van der Waals surface area contributed by atoms with E-state index in [-0.39, 0.29) is 11.3 Å². The number of carbonyl (C=O) groups is 1. The first kappa shape index (κ1) is 15.0. The van der Waals surface area contributed by atoms with Crippen molar-refractivity contribution >= 4 is 6.03 Å². The molecule has 0 saturated carbocycles. The highest BCUT2D eigenvalue weighted by atomic mass is 19.3. The van der Waals surface area contributed by atoms with Crippen molar-refractivity contribution in [2.75, 3.05) is 20.3 Å². The van der Waals surface area contributed by atoms with Gasteiger partial charge in [-0.2, -0.15) is 8.78 Å². The average molecular weight is 270 g/mol. The van der Waals surface area contributed by atoms with Gasteiger partial charge in [0.25, 0.3) is 0 Å². The quantitative estimate of drug-likeness (QED) is 0.464. The summed E-state index contributed by atoms with van der Waals surface area (Å²) in [5.74, 6) is 0. The van der Waals surface area contributed by atoms with Gasteiger partial charge in [0.1, 0.15) is 12.3 Å². The molecule has 0 aromatic rings. The summed E-state index contributed by atoms with van der Waals surface area (Å²) in [4.78, 5) is 11.4. The first-order chi connectivity index (χ1) is 8.34. The Bertz CT molecular complexity index is 301. The van der Waals surface area contributed by atoms with E-state index in [1.807, 2.05) is 5.32 Å². The van der Waals surface area contributed by atoms with Crippen molar-refractivity contribution in [2.45, 2.75) is 30.9 Å². The number of hydrogen-bond acceptors (Lipinski definition) is 5. The maximum atomic E-state index is 13.8. The molecule has 0 aliphatic carbocycles. The van der Waals surface area contributed by atoms with E-state index in [0.717, 1.165) is 7.11 Å². The van der Waals surface area contributed by atoms with Gasteiger partial charge < -0.3 is 25.4 Å². The molecule has 18 heavy (non-hydrogen) atoms. The standard InChI is InChI=1S/C9H16F2N2O5/c1-18-5(4-14)7(16)9(10,11)13-3-2-6(15)12-8(13)17/h5-7,14-16H,2-4H2,1H3,(H,12,17)/t5?,6?,7-/m1/s1. The molecule has 0 aromatic carbocycles. The average Bonchev–Trinajstić information content (AvgIpc) is 2.29. The molecule has 0 bridgehead atoms. The van der Waals surface area contributed by atoms with Crippen molar-refractivity contribution in [2.24, 2.45) is 0 Å². The summed E-state index contributed by atoms with van der Waals surface area (Å²) in [6.45, 7) is -1.23. The van der Waals surface area contributed by atoms with Crippen molar-refractivity contribution in [3.05, 3.63) is 0 Å². The molecule has 106 valence electrons. The molecule has 1 saturated heterocycles. The minimum absolute atomic E-state index is 0.0924. The summed E-state index contributed by atoms with van der Waals surface area (Å²) in [7, 11) is 1.06. The number of nitrogens with one attached hydrogen (secondary N) is 1. The maximum Gasteiger partial charge on any atom is 0.357 e. The lowest BCUT2D eigenvalue weighted by molar-refractivity contribution is -0.231. The SMILES string of the molecule is COC(CO)[C@@H](O)C(F)(F)N1CCC(O)NC1=O. The highest BCUT2D eigenvalue weighted by Gasteiger charge is 2.51. The van der Waals surface area contributed by atoms with Crippen molar-refractivity contribution in [1.82, 2.24) is 10.2 Å². The second-order valence-corrected chi connectivity index (χ2v) is 3.89. The Morgan fingerprint density at radius 2 is 2.28 bits per heavy atom. The summed E-state index contributed by atoms with van der Waals surface area (Å²) < 4.78 is 32.2. The summed E-state index contributed by atoms with van der Waals surface area (Å²) in [6.07, 6.45) is -5.16. The third-order valence-corrected chi connectivity index (χ3v) is 2.71. The van der Waals surface area contributed by atoms with E-state index in [4.69, 9.17) is 10.2 Å². The zero-order chi connectivity index (χ0) is 13.9. The highest BCUT2D eigenvalue weighted by Crippen LogP contribution is 2.28. The summed E-state index contributed by atoms with van der Waals surface area (Å²) in [5.41, 5.74) is 0. The van der Waals surface area contributed by atoms with Crippen molar-refractivity contribution in [3.8, 4) is 0 Å². The van der Waals surface area contributed by atoms with Crippen LogP contribution in [-0.4, -0.2) is 71.0 Å². The molecule has 0 radical (unpaired) electrons.